The second-order valence-electron chi connectivity index (χ2n) is 3.62. The molecule has 0 fully saturated rings. The van der Waals surface area contributed by atoms with Crippen LogP contribution in [-0.2, 0) is 16.0 Å². The Morgan fingerprint density at radius 2 is 2.27 bits per heavy atom. The standard InChI is InChI=1S/C12H13NO2/c1-8-3-4-10-9(6-12(14)15-2)7-13-11(10)5-8/h3-5,7,13H,6H2,1-2H3. The zero-order chi connectivity index (χ0) is 10.8. The molecule has 0 spiro atoms. The van der Waals surface area contributed by atoms with Gasteiger partial charge in [-0.15, -0.1) is 0 Å². The molecule has 3 heteroatoms. The van der Waals surface area contributed by atoms with Crippen molar-refractivity contribution in [3.8, 4) is 0 Å². The largest absolute Gasteiger partial charge is 0.469 e. The van der Waals surface area contributed by atoms with Crippen LogP contribution in [0, 0.1) is 6.92 Å². The molecule has 0 aliphatic carbocycles. The van der Waals surface area contributed by atoms with E-state index in [4.69, 9.17) is 0 Å². The number of aryl methyl sites for hydroxylation is 1. The molecule has 3 nitrogen and oxygen atoms in total. The van der Waals surface area contributed by atoms with Gasteiger partial charge in [0, 0.05) is 17.1 Å². The van der Waals surface area contributed by atoms with E-state index in [-0.39, 0.29) is 5.97 Å². The number of esters is 1. The van der Waals surface area contributed by atoms with Gasteiger partial charge in [-0.3, -0.25) is 4.79 Å². The Hall–Kier alpha value is -1.77. The molecular weight excluding hydrogens is 190 g/mol. The van der Waals surface area contributed by atoms with Gasteiger partial charge < -0.3 is 9.72 Å². The molecule has 1 aromatic carbocycles. The molecule has 2 aromatic rings. The number of methoxy groups -OCH3 is 1. The molecule has 2 rings (SSSR count). The third-order valence-electron chi connectivity index (χ3n) is 2.49. The first kappa shape index (κ1) is 9.77. The van der Waals surface area contributed by atoms with Crippen LogP contribution in [-0.4, -0.2) is 18.1 Å². The van der Waals surface area contributed by atoms with Crippen molar-refractivity contribution in [3.63, 3.8) is 0 Å². The normalized spacial score (nSPS) is 10.5. The summed E-state index contributed by atoms with van der Waals surface area (Å²) in [7, 11) is 1.40. The van der Waals surface area contributed by atoms with Crippen molar-refractivity contribution < 1.29 is 9.53 Å². The highest BCUT2D eigenvalue weighted by molar-refractivity contribution is 5.87. The van der Waals surface area contributed by atoms with Gasteiger partial charge in [0.15, 0.2) is 0 Å². The zero-order valence-corrected chi connectivity index (χ0v) is 8.83. The topological polar surface area (TPSA) is 42.1 Å². The van der Waals surface area contributed by atoms with E-state index in [1.165, 1.54) is 12.7 Å². The third-order valence-corrected chi connectivity index (χ3v) is 2.49. The maximum atomic E-state index is 11.2. The van der Waals surface area contributed by atoms with Gasteiger partial charge in [0.05, 0.1) is 13.5 Å². The van der Waals surface area contributed by atoms with Crippen molar-refractivity contribution in [1.82, 2.24) is 4.98 Å². The second kappa shape index (κ2) is 3.77. The Morgan fingerprint density at radius 1 is 1.47 bits per heavy atom. The van der Waals surface area contributed by atoms with Crippen LogP contribution in [0.5, 0.6) is 0 Å². The third kappa shape index (κ3) is 1.86. The van der Waals surface area contributed by atoms with Crippen molar-refractivity contribution in [1.29, 1.82) is 0 Å². The number of carbonyl (C=O) groups excluding carboxylic acids is 1. The smallest absolute Gasteiger partial charge is 0.310 e. The minimum absolute atomic E-state index is 0.212. The van der Waals surface area contributed by atoms with Gasteiger partial charge in [0.2, 0.25) is 0 Å². The maximum Gasteiger partial charge on any atom is 0.310 e. The SMILES string of the molecule is COC(=O)Cc1c[nH]c2cc(C)ccc12. The Balaban J connectivity index is 2.41. The fraction of sp³-hybridized carbons (Fsp3) is 0.250. The Kier molecular flexibility index (Phi) is 2.46. The van der Waals surface area contributed by atoms with Crippen LogP contribution >= 0.6 is 0 Å². The summed E-state index contributed by atoms with van der Waals surface area (Å²) in [5.74, 6) is -0.212. The lowest BCUT2D eigenvalue weighted by Gasteiger charge is -1.98. The first-order valence-corrected chi connectivity index (χ1v) is 4.84. The van der Waals surface area contributed by atoms with Gasteiger partial charge in [-0.2, -0.15) is 0 Å². The second-order valence-corrected chi connectivity index (χ2v) is 3.62. The van der Waals surface area contributed by atoms with Crippen molar-refractivity contribution >= 4 is 16.9 Å². The predicted octanol–water partition coefficient (Wildman–Crippen LogP) is 2.19. The molecule has 1 N–H and O–H groups in total. The van der Waals surface area contributed by atoms with Gasteiger partial charge in [-0.25, -0.2) is 0 Å². The van der Waals surface area contributed by atoms with E-state index in [0.29, 0.717) is 6.42 Å². The van der Waals surface area contributed by atoms with Crippen molar-refractivity contribution in [2.75, 3.05) is 7.11 Å². The van der Waals surface area contributed by atoms with Gasteiger partial charge in [0.25, 0.3) is 0 Å². The number of aromatic nitrogens is 1. The van der Waals surface area contributed by atoms with Crippen LogP contribution in [0.15, 0.2) is 24.4 Å². The summed E-state index contributed by atoms with van der Waals surface area (Å²) in [5.41, 5.74) is 3.25. The summed E-state index contributed by atoms with van der Waals surface area (Å²) >= 11 is 0. The molecule has 0 saturated carbocycles. The minimum Gasteiger partial charge on any atom is -0.469 e. The Labute approximate surface area is 88.1 Å². The average molecular weight is 203 g/mol. The van der Waals surface area contributed by atoms with Gasteiger partial charge >= 0.3 is 5.97 Å². The van der Waals surface area contributed by atoms with E-state index >= 15 is 0 Å². The monoisotopic (exact) mass is 203 g/mol. The summed E-state index contributed by atoms with van der Waals surface area (Å²) in [6.07, 6.45) is 2.18. The number of ether oxygens (including phenoxy) is 1. The summed E-state index contributed by atoms with van der Waals surface area (Å²) in [4.78, 5) is 14.3. The van der Waals surface area contributed by atoms with E-state index < -0.39 is 0 Å². The molecule has 15 heavy (non-hydrogen) atoms. The fourth-order valence-corrected chi connectivity index (χ4v) is 1.67. The summed E-state index contributed by atoms with van der Waals surface area (Å²) in [6.45, 7) is 2.04. The number of rotatable bonds is 2. The lowest BCUT2D eigenvalue weighted by molar-refractivity contribution is -0.139. The van der Waals surface area contributed by atoms with Gasteiger partial charge in [-0.1, -0.05) is 12.1 Å². The molecule has 0 radical (unpaired) electrons. The molecule has 78 valence electrons. The fourth-order valence-electron chi connectivity index (χ4n) is 1.67. The van der Waals surface area contributed by atoms with Crippen LogP contribution in [0.25, 0.3) is 10.9 Å². The van der Waals surface area contributed by atoms with Crippen molar-refractivity contribution in [2.45, 2.75) is 13.3 Å². The molecule has 1 heterocycles. The Morgan fingerprint density at radius 3 is 3.00 bits per heavy atom. The van der Waals surface area contributed by atoms with E-state index in [9.17, 15) is 4.79 Å². The van der Waals surface area contributed by atoms with Gasteiger partial charge in [0.1, 0.15) is 0 Å². The molecule has 0 aliphatic heterocycles. The lowest BCUT2D eigenvalue weighted by atomic mass is 10.1. The highest BCUT2D eigenvalue weighted by atomic mass is 16.5. The summed E-state index contributed by atoms with van der Waals surface area (Å²) in [6, 6.07) is 6.13. The number of nitrogens with one attached hydrogen (secondary N) is 1. The quantitative estimate of drug-likeness (QED) is 0.760. The number of benzene rings is 1. The van der Waals surface area contributed by atoms with Crippen LogP contribution in [0.3, 0.4) is 0 Å². The summed E-state index contributed by atoms with van der Waals surface area (Å²) < 4.78 is 4.64. The number of hydrogen-bond acceptors (Lipinski definition) is 2. The first-order chi connectivity index (χ1) is 7.20. The van der Waals surface area contributed by atoms with Gasteiger partial charge in [-0.05, 0) is 24.1 Å². The molecule has 0 amide bonds. The van der Waals surface area contributed by atoms with E-state index in [0.717, 1.165) is 16.5 Å². The van der Waals surface area contributed by atoms with E-state index in [2.05, 4.69) is 15.8 Å². The molecule has 0 saturated heterocycles. The molecule has 0 atom stereocenters. The molecule has 0 unspecified atom stereocenters. The van der Waals surface area contributed by atoms with Crippen molar-refractivity contribution in [2.24, 2.45) is 0 Å². The Bertz CT molecular complexity index is 499. The van der Waals surface area contributed by atoms with Crippen LogP contribution in [0.1, 0.15) is 11.1 Å². The summed E-state index contributed by atoms with van der Waals surface area (Å²) in [5, 5.41) is 1.09. The van der Waals surface area contributed by atoms with Crippen LogP contribution in [0.4, 0.5) is 0 Å². The van der Waals surface area contributed by atoms with Crippen LogP contribution in [0.2, 0.25) is 0 Å². The lowest BCUT2D eigenvalue weighted by Crippen LogP contribution is -2.03. The van der Waals surface area contributed by atoms with Crippen molar-refractivity contribution in [3.05, 3.63) is 35.5 Å². The van der Waals surface area contributed by atoms with Crippen LogP contribution < -0.4 is 0 Å². The number of carbonyl (C=O) groups is 1. The minimum atomic E-state index is -0.212. The zero-order valence-electron chi connectivity index (χ0n) is 8.83. The van der Waals surface area contributed by atoms with E-state index in [1.807, 2.05) is 25.3 Å². The first-order valence-electron chi connectivity index (χ1n) is 4.84. The molecule has 1 aromatic heterocycles. The highest BCUT2D eigenvalue weighted by Crippen LogP contribution is 2.19. The molecule has 0 bridgehead atoms. The van der Waals surface area contributed by atoms with E-state index in [1.54, 1.807) is 0 Å². The molecular formula is C12H13NO2. The number of fused-ring (bicyclic) bond motifs is 1. The number of hydrogen-bond donors (Lipinski definition) is 1. The highest BCUT2D eigenvalue weighted by Gasteiger charge is 2.08. The predicted molar refractivity (Wildman–Crippen MR) is 58.8 cm³/mol. The molecule has 0 aliphatic rings. The maximum absolute atomic E-state index is 11.2. The average Bonchev–Trinajstić information content (AvgIpc) is 2.60. The number of H-pyrrole nitrogens is 1. The number of aromatic amines is 1.